The van der Waals surface area contributed by atoms with E-state index in [1.807, 2.05) is 6.07 Å². The Kier molecular flexibility index (Phi) is 5.27. The van der Waals surface area contributed by atoms with Gasteiger partial charge in [0.1, 0.15) is 6.10 Å². The quantitative estimate of drug-likeness (QED) is 0.828. The van der Waals surface area contributed by atoms with Gasteiger partial charge >= 0.3 is 0 Å². The van der Waals surface area contributed by atoms with E-state index in [4.69, 9.17) is 4.74 Å². The van der Waals surface area contributed by atoms with Crippen molar-refractivity contribution >= 4 is 34.5 Å². The molecule has 0 saturated carbocycles. The molecule has 4 rings (SSSR count). The molecule has 1 aromatic carbocycles. The Morgan fingerprint density at radius 3 is 2.56 bits per heavy atom. The lowest BCUT2D eigenvalue weighted by molar-refractivity contribution is -0.124. The van der Waals surface area contributed by atoms with E-state index in [9.17, 15) is 9.59 Å². The second-order valence-corrected chi connectivity index (χ2v) is 8.57. The van der Waals surface area contributed by atoms with Crippen LogP contribution >= 0.6 is 11.3 Å². The lowest BCUT2D eigenvalue weighted by atomic mass is 9.90. The van der Waals surface area contributed by atoms with E-state index in [1.54, 1.807) is 35.6 Å². The number of benzene rings is 1. The average molecular weight is 385 g/mol. The third-order valence-corrected chi connectivity index (χ3v) is 6.42. The highest BCUT2D eigenvalue weighted by Crippen LogP contribution is 2.32. The zero-order chi connectivity index (χ0) is 18.8. The molecular formula is C21H24N2O3S. The van der Waals surface area contributed by atoms with Gasteiger partial charge in [0.15, 0.2) is 0 Å². The van der Waals surface area contributed by atoms with Crippen molar-refractivity contribution < 1.29 is 14.3 Å². The Bertz CT molecular complexity index is 838. The third-order valence-electron chi connectivity index (χ3n) is 5.19. The van der Waals surface area contributed by atoms with Crippen LogP contribution in [0.15, 0.2) is 30.3 Å². The molecule has 2 amide bonds. The summed E-state index contributed by atoms with van der Waals surface area (Å²) in [5.74, 6) is 0.515. The fraction of sp³-hybridized carbons (Fsp3) is 0.429. The second-order valence-electron chi connectivity index (χ2n) is 7.43. The van der Waals surface area contributed by atoms with E-state index in [0.717, 1.165) is 36.2 Å². The average Bonchev–Trinajstić information content (AvgIpc) is 3.32. The molecule has 0 bridgehead atoms. The first-order chi connectivity index (χ1) is 13.1. The number of rotatable bonds is 4. The molecule has 2 heterocycles. The first-order valence-corrected chi connectivity index (χ1v) is 10.4. The van der Waals surface area contributed by atoms with Crippen LogP contribution in [0, 0.1) is 5.92 Å². The van der Waals surface area contributed by atoms with Crippen molar-refractivity contribution in [2.24, 2.45) is 5.92 Å². The third kappa shape index (κ3) is 4.22. The second kappa shape index (κ2) is 7.82. The molecule has 1 aliphatic carbocycles. The van der Waals surface area contributed by atoms with Crippen molar-refractivity contribution in [2.75, 3.05) is 17.2 Å². The molecular weight excluding hydrogens is 360 g/mol. The fourth-order valence-electron chi connectivity index (χ4n) is 3.65. The van der Waals surface area contributed by atoms with E-state index < -0.39 is 0 Å². The molecule has 6 heteroatoms. The van der Waals surface area contributed by atoms with Crippen molar-refractivity contribution in [3.63, 3.8) is 0 Å². The summed E-state index contributed by atoms with van der Waals surface area (Å²) in [7, 11) is 0. The van der Waals surface area contributed by atoms with E-state index in [0.29, 0.717) is 18.2 Å². The normalized spacial score (nSPS) is 21.5. The van der Waals surface area contributed by atoms with Gasteiger partial charge in [0.25, 0.3) is 11.8 Å². The van der Waals surface area contributed by atoms with Crippen molar-refractivity contribution in [1.82, 2.24) is 0 Å². The first-order valence-electron chi connectivity index (χ1n) is 9.54. The summed E-state index contributed by atoms with van der Waals surface area (Å²) >= 11 is 1.61. The number of carbonyl (C=O) groups is 2. The van der Waals surface area contributed by atoms with Gasteiger partial charge in [0.05, 0.1) is 4.88 Å². The minimum Gasteiger partial charge on any atom is -0.368 e. The standard InChI is InChI=1S/C21H24N2O3S/c1-13-4-9-18-14(11-13)12-19(27-18)21(25)23-16-7-5-15(6-8-16)22-20(24)17-3-2-10-26-17/h5-8,12-13,17H,2-4,9-11H2,1H3,(H,22,24)(H,23,25). The summed E-state index contributed by atoms with van der Waals surface area (Å²) in [6.07, 6.45) is 4.69. The van der Waals surface area contributed by atoms with Crippen LogP contribution in [0.4, 0.5) is 11.4 Å². The van der Waals surface area contributed by atoms with Crippen LogP contribution in [0.1, 0.15) is 46.3 Å². The molecule has 2 unspecified atom stereocenters. The van der Waals surface area contributed by atoms with Crippen molar-refractivity contribution in [3.05, 3.63) is 45.6 Å². The lowest BCUT2D eigenvalue weighted by Gasteiger charge is -2.16. The van der Waals surface area contributed by atoms with Crippen molar-refractivity contribution in [2.45, 2.75) is 45.1 Å². The molecule has 0 spiro atoms. The zero-order valence-electron chi connectivity index (χ0n) is 15.4. The van der Waals surface area contributed by atoms with Gasteiger partial charge in [-0.15, -0.1) is 11.3 Å². The number of aryl methyl sites for hydroxylation is 1. The molecule has 0 radical (unpaired) electrons. The topological polar surface area (TPSA) is 67.4 Å². The van der Waals surface area contributed by atoms with Crippen LogP contribution in [-0.4, -0.2) is 24.5 Å². The maximum atomic E-state index is 12.6. The van der Waals surface area contributed by atoms with Crippen LogP contribution in [0.5, 0.6) is 0 Å². The first kappa shape index (κ1) is 18.2. The summed E-state index contributed by atoms with van der Waals surface area (Å²) in [5, 5.41) is 5.81. The molecule has 142 valence electrons. The van der Waals surface area contributed by atoms with Crippen LogP contribution < -0.4 is 10.6 Å². The van der Waals surface area contributed by atoms with E-state index >= 15 is 0 Å². The number of thiophene rings is 1. The lowest BCUT2D eigenvalue weighted by Crippen LogP contribution is -2.26. The van der Waals surface area contributed by atoms with Gasteiger partial charge < -0.3 is 15.4 Å². The number of nitrogens with one attached hydrogen (secondary N) is 2. The van der Waals surface area contributed by atoms with Crippen LogP contribution in [0.2, 0.25) is 0 Å². The number of amides is 2. The van der Waals surface area contributed by atoms with Gasteiger partial charge in [-0.1, -0.05) is 6.92 Å². The number of fused-ring (bicyclic) bond motifs is 1. The maximum Gasteiger partial charge on any atom is 0.265 e. The van der Waals surface area contributed by atoms with Gasteiger partial charge in [-0.05, 0) is 73.9 Å². The zero-order valence-corrected chi connectivity index (χ0v) is 16.2. The number of anilines is 2. The largest absolute Gasteiger partial charge is 0.368 e. The molecule has 1 aromatic heterocycles. The molecule has 1 fully saturated rings. The molecule has 2 aromatic rings. The van der Waals surface area contributed by atoms with Crippen LogP contribution in [0.25, 0.3) is 0 Å². The molecule has 2 N–H and O–H groups in total. The summed E-state index contributed by atoms with van der Waals surface area (Å²) < 4.78 is 5.39. The fourth-order valence-corrected chi connectivity index (χ4v) is 4.76. The van der Waals surface area contributed by atoms with Gasteiger partial charge in [-0.25, -0.2) is 0 Å². The highest BCUT2D eigenvalue weighted by Gasteiger charge is 2.23. The molecule has 2 atom stereocenters. The Labute approximate surface area is 163 Å². The van der Waals surface area contributed by atoms with E-state index in [2.05, 4.69) is 17.6 Å². The Hall–Kier alpha value is -2.18. The highest BCUT2D eigenvalue weighted by molar-refractivity contribution is 7.14. The number of hydrogen-bond acceptors (Lipinski definition) is 4. The van der Waals surface area contributed by atoms with Gasteiger partial charge in [0, 0.05) is 22.9 Å². The molecule has 1 aliphatic heterocycles. The van der Waals surface area contributed by atoms with Crippen LogP contribution in [-0.2, 0) is 22.4 Å². The smallest absolute Gasteiger partial charge is 0.265 e. The minimum atomic E-state index is -0.350. The SMILES string of the molecule is CC1CCc2sc(C(=O)Nc3ccc(NC(=O)C4CCCO4)cc3)cc2C1. The Morgan fingerprint density at radius 2 is 1.85 bits per heavy atom. The monoisotopic (exact) mass is 384 g/mol. The number of carbonyl (C=O) groups excluding carboxylic acids is 2. The van der Waals surface area contributed by atoms with Gasteiger partial charge in [-0.2, -0.15) is 0 Å². The highest BCUT2D eigenvalue weighted by atomic mass is 32.1. The van der Waals surface area contributed by atoms with Gasteiger partial charge in [-0.3, -0.25) is 9.59 Å². The Morgan fingerprint density at radius 1 is 1.11 bits per heavy atom. The molecule has 5 nitrogen and oxygen atoms in total. The van der Waals surface area contributed by atoms with Gasteiger partial charge in [0.2, 0.25) is 0 Å². The Balaban J connectivity index is 1.36. The van der Waals surface area contributed by atoms with Crippen molar-refractivity contribution in [3.8, 4) is 0 Å². The molecule has 27 heavy (non-hydrogen) atoms. The predicted octanol–water partition coefficient (Wildman–Crippen LogP) is 4.24. The predicted molar refractivity (Wildman–Crippen MR) is 108 cm³/mol. The van der Waals surface area contributed by atoms with Crippen LogP contribution in [0.3, 0.4) is 0 Å². The number of ether oxygens (including phenoxy) is 1. The summed E-state index contributed by atoms with van der Waals surface area (Å²) in [5.41, 5.74) is 2.75. The number of hydrogen-bond donors (Lipinski definition) is 2. The summed E-state index contributed by atoms with van der Waals surface area (Å²) in [6, 6.07) is 9.24. The summed E-state index contributed by atoms with van der Waals surface area (Å²) in [4.78, 5) is 26.8. The maximum absolute atomic E-state index is 12.6. The molecule has 1 saturated heterocycles. The van der Waals surface area contributed by atoms with E-state index in [-0.39, 0.29) is 17.9 Å². The molecule has 2 aliphatic rings. The van der Waals surface area contributed by atoms with Crippen molar-refractivity contribution in [1.29, 1.82) is 0 Å². The summed E-state index contributed by atoms with van der Waals surface area (Å²) in [6.45, 7) is 2.91. The van der Waals surface area contributed by atoms with E-state index in [1.165, 1.54) is 16.9 Å². The minimum absolute atomic E-state index is 0.0711.